The van der Waals surface area contributed by atoms with Gasteiger partial charge in [-0.15, -0.1) is 0 Å². The third-order valence-corrected chi connectivity index (χ3v) is 4.24. The van der Waals surface area contributed by atoms with Crippen LogP contribution < -0.4 is 5.32 Å². The summed E-state index contributed by atoms with van der Waals surface area (Å²) < 4.78 is 38.0. The van der Waals surface area contributed by atoms with Gasteiger partial charge in [-0.3, -0.25) is 4.90 Å². The number of benzene rings is 1. The van der Waals surface area contributed by atoms with Crippen molar-refractivity contribution in [3.63, 3.8) is 0 Å². The topological polar surface area (TPSA) is 15.3 Å². The quantitative estimate of drug-likeness (QED) is 0.912. The molecule has 2 nitrogen and oxygen atoms in total. The van der Waals surface area contributed by atoms with E-state index in [2.05, 4.69) is 24.2 Å². The maximum absolute atomic E-state index is 12.7. The highest BCUT2D eigenvalue weighted by molar-refractivity contribution is 5.27. The number of nitrogens with one attached hydrogen (secondary N) is 1. The number of hydrogen-bond donors (Lipinski definition) is 1. The van der Waals surface area contributed by atoms with Crippen molar-refractivity contribution in [3.8, 4) is 0 Å². The number of piperidine rings is 1. The molecule has 2 atom stereocenters. The lowest BCUT2D eigenvalue weighted by Crippen LogP contribution is -2.40. The van der Waals surface area contributed by atoms with E-state index in [9.17, 15) is 13.2 Å². The molecule has 2 rings (SSSR count). The zero-order chi connectivity index (χ0) is 15.5. The predicted molar refractivity (Wildman–Crippen MR) is 78.1 cm³/mol. The van der Waals surface area contributed by atoms with Crippen molar-refractivity contribution in [1.29, 1.82) is 0 Å². The molecule has 0 amide bonds. The largest absolute Gasteiger partial charge is 0.416 e. The van der Waals surface area contributed by atoms with Crippen molar-refractivity contribution in [2.45, 2.75) is 32.0 Å². The van der Waals surface area contributed by atoms with Crippen molar-refractivity contribution in [1.82, 2.24) is 10.2 Å². The summed E-state index contributed by atoms with van der Waals surface area (Å²) in [6.45, 7) is 4.89. The first-order valence-electron chi connectivity index (χ1n) is 7.51. The molecule has 0 aromatic heterocycles. The fourth-order valence-corrected chi connectivity index (χ4v) is 3.20. The van der Waals surface area contributed by atoms with Gasteiger partial charge in [0.1, 0.15) is 0 Å². The number of halogens is 3. The number of rotatable bonds is 4. The monoisotopic (exact) mass is 300 g/mol. The van der Waals surface area contributed by atoms with Gasteiger partial charge >= 0.3 is 6.18 Å². The highest BCUT2D eigenvalue weighted by Crippen LogP contribution is 2.36. The molecule has 1 heterocycles. The Morgan fingerprint density at radius 2 is 1.90 bits per heavy atom. The average molecular weight is 300 g/mol. The lowest BCUT2D eigenvalue weighted by molar-refractivity contribution is -0.137. The van der Waals surface area contributed by atoms with Crippen LogP contribution in [0.3, 0.4) is 0 Å². The molecule has 0 spiro atoms. The summed E-state index contributed by atoms with van der Waals surface area (Å²) in [6.07, 6.45) is -2.01. The van der Waals surface area contributed by atoms with Crippen LogP contribution >= 0.6 is 0 Å². The second kappa shape index (κ2) is 6.79. The first-order valence-corrected chi connectivity index (χ1v) is 7.51. The van der Waals surface area contributed by atoms with Crippen LogP contribution in [0.4, 0.5) is 13.2 Å². The van der Waals surface area contributed by atoms with Gasteiger partial charge in [0.25, 0.3) is 0 Å². The summed E-state index contributed by atoms with van der Waals surface area (Å²) in [4.78, 5) is 2.26. The van der Waals surface area contributed by atoms with Gasteiger partial charge in [0.15, 0.2) is 0 Å². The summed E-state index contributed by atoms with van der Waals surface area (Å²) in [5.74, 6) is 0.445. The van der Waals surface area contributed by atoms with E-state index in [1.165, 1.54) is 12.1 Å². The highest BCUT2D eigenvalue weighted by atomic mass is 19.4. The molecule has 1 aromatic carbocycles. The van der Waals surface area contributed by atoms with Gasteiger partial charge in [0, 0.05) is 6.04 Å². The molecule has 0 bridgehead atoms. The third kappa shape index (κ3) is 3.98. The molecule has 2 unspecified atom stereocenters. The third-order valence-electron chi connectivity index (χ3n) is 4.24. The number of alkyl halides is 3. The maximum Gasteiger partial charge on any atom is 0.416 e. The minimum absolute atomic E-state index is 0.195. The van der Waals surface area contributed by atoms with Crippen molar-refractivity contribution in [3.05, 3.63) is 35.4 Å². The molecule has 1 aliphatic heterocycles. The minimum Gasteiger partial charge on any atom is -0.317 e. The van der Waals surface area contributed by atoms with Crippen molar-refractivity contribution < 1.29 is 13.2 Å². The Morgan fingerprint density at radius 1 is 1.24 bits per heavy atom. The Morgan fingerprint density at radius 3 is 2.48 bits per heavy atom. The molecule has 0 saturated carbocycles. The smallest absolute Gasteiger partial charge is 0.317 e. The van der Waals surface area contributed by atoms with E-state index in [0.29, 0.717) is 5.92 Å². The molecule has 1 aliphatic rings. The van der Waals surface area contributed by atoms with Gasteiger partial charge < -0.3 is 5.32 Å². The number of likely N-dealkylation sites (tertiary alicyclic amines) is 1. The normalized spacial score (nSPS) is 24.2. The van der Waals surface area contributed by atoms with E-state index in [-0.39, 0.29) is 6.04 Å². The van der Waals surface area contributed by atoms with Crippen LogP contribution in [0.2, 0.25) is 0 Å². The second-order valence-electron chi connectivity index (χ2n) is 5.76. The Labute approximate surface area is 124 Å². The van der Waals surface area contributed by atoms with E-state index >= 15 is 0 Å². The summed E-state index contributed by atoms with van der Waals surface area (Å²) in [7, 11) is 2.06. The zero-order valence-electron chi connectivity index (χ0n) is 12.6. The van der Waals surface area contributed by atoms with Crippen LogP contribution in [0.5, 0.6) is 0 Å². The lowest BCUT2D eigenvalue weighted by Gasteiger charge is -2.39. The zero-order valence-corrected chi connectivity index (χ0v) is 12.6. The molecule has 0 aliphatic carbocycles. The lowest BCUT2D eigenvalue weighted by atomic mass is 9.84. The van der Waals surface area contributed by atoms with Gasteiger partial charge in [0.2, 0.25) is 0 Å². The molecule has 21 heavy (non-hydrogen) atoms. The molecule has 5 heteroatoms. The Balaban J connectivity index is 2.19. The molecule has 1 fully saturated rings. The Hall–Kier alpha value is -1.07. The molecular formula is C16H23F3N2. The highest BCUT2D eigenvalue weighted by Gasteiger charge is 2.33. The first-order chi connectivity index (χ1) is 9.93. The fourth-order valence-electron chi connectivity index (χ4n) is 3.20. The van der Waals surface area contributed by atoms with Gasteiger partial charge in [0.05, 0.1) is 5.56 Å². The average Bonchev–Trinajstić information content (AvgIpc) is 2.44. The van der Waals surface area contributed by atoms with E-state index in [0.717, 1.165) is 38.0 Å². The summed E-state index contributed by atoms with van der Waals surface area (Å²) in [6, 6.07) is 5.85. The van der Waals surface area contributed by atoms with Gasteiger partial charge in [-0.25, -0.2) is 0 Å². The fraction of sp³-hybridized carbons (Fsp3) is 0.625. The van der Waals surface area contributed by atoms with Crippen LogP contribution in [-0.2, 0) is 6.18 Å². The van der Waals surface area contributed by atoms with Crippen LogP contribution in [0.15, 0.2) is 24.3 Å². The van der Waals surface area contributed by atoms with Crippen molar-refractivity contribution >= 4 is 0 Å². The first kappa shape index (κ1) is 16.3. The molecule has 1 saturated heterocycles. The van der Waals surface area contributed by atoms with Gasteiger partial charge in [-0.05, 0) is 63.1 Å². The van der Waals surface area contributed by atoms with Crippen LogP contribution in [0.1, 0.15) is 36.9 Å². The molecule has 118 valence electrons. The Bertz CT molecular complexity index is 442. The number of hydrogen-bond acceptors (Lipinski definition) is 2. The van der Waals surface area contributed by atoms with Gasteiger partial charge in [-0.2, -0.15) is 13.2 Å². The van der Waals surface area contributed by atoms with Crippen LogP contribution in [-0.4, -0.2) is 31.6 Å². The summed E-state index contributed by atoms with van der Waals surface area (Å²) >= 11 is 0. The maximum atomic E-state index is 12.7. The molecule has 1 aromatic rings. The molecule has 1 N–H and O–H groups in total. The standard InChI is InChI=1S/C16H23F3N2/c1-3-20-11-13-5-4-10-21(2)15(13)12-6-8-14(9-7-12)16(17,18)19/h6-9,13,15,20H,3-5,10-11H2,1-2H3. The molecular weight excluding hydrogens is 277 g/mol. The second-order valence-corrected chi connectivity index (χ2v) is 5.76. The van der Waals surface area contributed by atoms with E-state index < -0.39 is 11.7 Å². The van der Waals surface area contributed by atoms with Crippen molar-refractivity contribution in [2.75, 3.05) is 26.7 Å². The summed E-state index contributed by atoms with van der Waals surface area (Å²) in [5, 5.41) is 3.37. The van der Waals surface area contributed by atoms with Crippen LogP contribution in [0.25, 0.3) is 0 Å². The summed E-state index contributed by atoms with van der Waals surface area (Å²) in [5.41, 5.74) is 0.404. The van der Waals surface area contributed by atoms with Crippen LogP contribution in [0, 0.1) is 5.92 Å². The number of nitrogens with zero attached hydrogens (tertiary/aromatic N) is 1. The van der Waals surface area contributed by atoms with E-state index in [1.807, 2.05) is 0 Å². The van der Waals surface area contributed by atoms with E-state index in [4.69, 9.17) is 0 Å². The SMILES string of the molecule is CCNCC1CCCN(C)C1c1ccc(C(F)(F)F)cc1. The predicted octanol–water partition coefficient (Wildman–Crippen LogP) is 3.70. The van der Waals surface area contributed by atoms with E-state index in [1.54, 1.807) is 12.1 Å². The Kier molecular flexibility index (Phi) is 5.27. The van der Waals surface area contributed by atoms with Gasteiger partial charge in [-0.1, -0.05) is 19.1 Å². The molecule has 0 radical (unpaired) electrons. The minimum atomic E-state index is -4.26. The van der Waals surface area contributed by atoms with Crippen molar-refractivity contribution in [2.24, 2.45) is 5.92 Å².